The molecular weight excluding hydrogens is 406 g/mol. The van der Waals surface area contributed by atoms with Gasteiger partial charge in [-0.3, -0.25) is 9.59 Å². The van der Waals surface area contributed by atoms with Crippen molar-refractivity contribution < 1.29 is 4.79 Å². The van der Waals surface area contributed by atoms with Gasteiger partial charge in [-0.1, -0.05) is 30.7 Å². The summed E-state index contributed by atoms with van der Waals surface area (Å²) in [4.78, 5) is 33.4. The molecule has 0 radical (unpaired) electrons. The fraction of sp³-hybridized carbons (Fsp3) is 0.500. The number of carbonyl (C=O) groups excluding carboxylic acids is 1. The van der Waals surface area contributed by atoms with Gasteiger partial charge in [-0.05, 0) is 37.1 Å². The van der Waals surface area contributed by atoms with E-state index in [2.05, 4.69) is 38.7 Å². The van der Waals surface area contributed by atoms with Crippen molar-refractivity contribution in [3.8, 4) is 0 Å². The molecule has 0 bridgehead atoms. The van der Waals surface area contributed by atoms with Gasteiger partial charge in [0.1, 0.15) is 0 Å². The predicted molar refractivity (Wildman–Crippen MR) is 117 cm³/mol. The average Bonchev–Trinajstić information content (AvgIpc) is 3.38. The number of nitrogens with one attached hydrogen (secondary N) is 1. The average molecular weight is 432 g/mol. The van der Waals surface area contributed by atoms with Crippen LogP contribution in [0.3, 0.4) is 0 Å². The number of anilines is 1. The highest BCUT2D eigenvalue weighted by Gasteiger charge is 2.26. The molecule has 1 aliphatic heterocycles. The van der Waals surface area contributed by atoms with Crippen molar-refractivity contribution in [1.82, 2.24) is 19.9 Å². The normalized spacial score (nSPS) is 15.1. The van der Waals surface area contributed by atoms with Gasteiger partial charge in [0, 0.05) is 42.2 Å². The highest BCUT2D eigenvalue weighted by atomic mass is 32.1. The zero-order chi connectivity index (χ0) is 20.2. The summed E-state index contributed by atoms with van der Waals surface area (Å²) in [5.41, 5.74) is 0.701. The molecule has 1 amide bonds. The zero-order valence-electron chi connectivity index (χ0n) is 16.5. The van der Waals surface area contributed by atoms with Gasteiger partial charge in [0.15, 0.2) is 0 Å². The van der Waals surface area contributed by atoms with Crippen LogP contribution < -0.4 is 15.8 Å². The van der Waals surface area contributed by atoms with Gasteiger partial charge < -0.3 is 10.2 Å². The molecule has 9 heteroatoms. The molecule has 7 nitrogen and oxygen atoms in total. The third-order valence-electron chi connectivity index (χ3n) is 5.18. The molecule has 29 heavy (non-hydrogen) atoms. The molecule has 3 aromatic rings. The van der Waals surface area contributed by atoms with Crippen LogP contribution in [0, 0.1) is 5.92 Å². The minimum absolute atomic E-state index is 0.0426. The number of aryl methyl sites for hydroxylation is 1. The number of nitrogens with zero attached hydrogens (tertiary/aromatic N) is 4. The minimum Gasteiger partial charge on any atom is -0.355 e. The Kier molecular flexibility index (Phi) is 6.25. The van der Waals surface area contributed by atoms with Crippen molar-refractivity contribution in [2.45, 2.75) is 39.0 Å². The number of rotatable bonds is 7. The van der Waals surface area contributed by atoms with E-state index in [1.165, 1.54) is 20.7 Å². The second-order valence-corrected chi connectivity index (χ2v) is 9.26. The summed E-state index contributed by atoms with van der Waals surface area (Å²) in [5.74, 6) is 0.188. The number of amides is 1. The van der Waals surface area contributed by atoms with Crippen LogP contribution in [0.5, 0.6) is 0 Å². The molecule has 0 saturated carbocycles. The molecular formula is C20H25N5O2S2. The fourth-order valence-electron chi connectivity index (χ4n) is 3.60. The van der Waals surface area contributed by atoms with Crippen LogP contribution >= 0.6 is 22.7 Å². The molecule has 1 saturated heterocycles. The Morgan fingerprint density at radius 2 is 2.14 bits per heavy atom. The molecule has 1 fully saturated rings. The predicted octanol–water partition coefficient (Wildman–Crippen LogP) is 2.74. The third-order valence-corrected chi connectivity index (χ3v) is 7.09. The van der Waals surface area contributed by atoms with Crippen LogP contribution in [0.25, 0.3) is 4.96 Å². The maximum absolute atomic E-state index is 12.5. The van der Waals surface area contributed by atoms with Crippen molar-refractivity contribution in [1.29, 1.82) is 0 Å². The Balaban J connectivity index is 1.33. The van der Waals surface area contributed by atoms with Crippen LogP contribution in [-0.4, -0.2) is 40.1 Å². The van der Waals surface area contributed by atoms with E-state index in [4.69, 9.17) is 0 Å². The quantitative estimate of drug-likeness (QED) is 0.622. The Morgan fingerprint density at radius 1 is 1.31 bits per heavy atom. The number of aromatic nitrogens is 3. The fourth-order valence-corrected chi connectivity index (χ4v) is 5.29. The molecule has 4 heterocycles. The summed E-state index contributed by atoms with van der Waals surface area (Å²) < 4.78 is 1.39. The van der Waals surface area contributed by atoms with Crippen LogP contribution in [0.2, 0.25) is 0 Å². The highest BCUT2D eigenvalue weighted by Crippen LogP contribution is 2.27. The number of hydrogen-bond donors (Lipinski definition) is 1. The zero-order valence-corrected chi connectivity index (χ0v) is 18.1. The third kappa shape index (κ3) is 4.67. The van der Waals surface area contributed by atoms with Crippen LogP contribution in [-0.2, 0) is 17.6 Å². The molecule has 0 aromatic carbocycles. The van der Waals surface area contributed by atoms with Gasteiger partial charge in [-0.15, -0.1) is 16.4 Å². The van der Waals surface area contributed by atoms with E-state index < -0.39 is 0 Å². The Hall–Kier alpha value is -2.26. The second kappa shape index (κ2) is 9.04. The molecule has 0 unspecified atom stereocenters. The van der Waals surface area contributed by atoms with E-state index in [1.54, 1.807) is 17.4 Å². The van der Waals surface area contributed by atoms with Gasteiger partial charge in [-0.2, -0.15) is 4.52 Å². The lowest BCUT2D eigenvalue weighted by Crippen LogP contribution is -2.41. The summed E-state index contributed by atoms with van der Waals surface area (Å²) in [5, 5.41) is 10.4. The summed E-state index contributed by atoms with van der Waals surface area (Å²) in [6.07, 6.45) is 4.23. The minimum atomic E-state index is -0.124. The maximum atomic E-state index is 12.5. The summed E-state index contributed by atoms with van der Waals surface area (Å²) >= 11 is 3.17. The van der Waals surface area contributed by atoms with E-state index in [1.807, 2.05) is 6.07 Å². The van der Waals surface area contributed by atoms with Gasteiger partial charge in [0.2, 0.25) is 16.0 Å². The molecule has 0 atom stereocenters. The van der Waals surface area contributed by atoms with Crippen LogP contribution in [0.4, 0.5) is 5.13 Å². The van der Waals surface area contributed by atoms with Crippen LogP contribution in [0.15, 0.2) is 28.4 Å². The first kappa shape index (κ1) is 20.0. The molecule has 3 aromatic heterocycles. The van der Waals surface area contributed by atoms with Crippen LogP contribution in [0.1, 0.15) is 36.8 Å². The van der Waals surface area contributed by atoms with Crippen molar-refractivity contribution >= 4 is 38.7 Å². The van der Waals surface area contributed by atoms with Crippen molar-refractivity contribution in [3.05, 3.63) is 44.5 Å². The molecule has 1 aliphatic rings. The van der Waals surface area contributed by atoms with E-state index in [-0.39, 0.29) is 17.4 Å². The lowest BCUT2D eigenvalue weighted by Gasteiger charge is -2.30. The van der Waals surface area contributed by atoms with Gasteiger partial charge >= 0.3 is 0 Å². The summed E-state index contributed by atoms with van der Waals surface area (Å²) in [6.45, 7) is 4.29. The number of piperidine rings is 1. The monoisotopic (exact) mass is 431 g/mol. The van der Waals surface area contributed by atoms with Gasteiger partial charge in [0.25, 0.3) is 5.56 Å². The molecule has 4 rings (SSSR count). The van der Waals surface area contributed by atoms with Gasteiger partial charge in [0.05, 0.1) is 0 Å². The highest BCUT2D eigenvalue weighted by molar-refractivity contribution is 7.20. The molecule has 0 aliphatic carbocycles. The molecule has 0 spiro atoms. The van der Waals surface area contributed by atoms with E-state index in [9.17, 15) is 9.59 Å². The van der Waals surface area contributed by atoms with Crippen molar-refractivity contribution in [3.63, 3.8) is 0 Å². The first-order valence-electron chi connectivity index (χ1n) is 10.1. The SMILES string of the molecule is CCCc1cc(=O)n2nc(N3CCC(C(=O)NCCc4cccs4)CC3)sc2n1. The molecule has 1 N–H and O–H groups in total. The summed E-state index contributed by atoms with van der Waals surface area (Å²) in [6, 6.07) is 5.71. The standard InChI is InChI=1S/C20H25N5O2S2/c1-2-4-15-13-17(26)25-19(22-15)29-20(23-25)24-10-7-14(8-11-24)18(27)21-9-6-16-5-3-12-28-16/h3,5,12-14H,2,4,6-11H2,1H3,(H,21,27). The van der Waals surface area contributed by atoms with Crippen molar-refractivity contribution in [2.24, 2.45) is 5.92 Å². The smallest absolute Gasteiger partial charge is 0.275 e. The number of fused-ring (bicyclic) bond motifs is 1. The first-order valence-corrected chi connectivity index (χ1v) is 11.8. The van der Waals surface area contributed by atoms with E-state index in [0.29, 0.717) is 11.5 Å². The van der Waals surface area contributed by atoms with E-state index >= 15 is 0 Å². The van der Waals surface area contributed by atoms with E-state index in [0.717, 1.165) is 56.0 Å². The first-order chi connectivity index (χ1) is 14.1. The lowest BCUT2D eigenvalue weighted by atomic mass is 9.96. The van der Waals surface area contributed by atoms with Gasteiger partial charge in [-0.25, -0.2) is 4.98 Å². The maximum Gasteiger partial charge on any atom is 0.275 e. The Bertz CT molecular complexity index is 1020. The largest absolute Gasteiger partial charge is 0.355 e. The van der Waals surface area contributed by atoms with Crippen molar-refractivity contribution in [2.75, 3.05) is 24.5 Å². The number of hydrogen-bond acceptors (Lipinski definition) is 7. The Labute approximate surface area is 177 Å². The summed E-state index contributed by atoms with van der Waals surface area (Å²) in [7, 11) is 0. The second-order valence-electron chi connectivity index (χ2n) is 7.30. The topological polar surface area (TPSA) is 79.6 Å². The number of carbonyl (C=O) groups is 1. The Morgan fingerprint density at radius 3 is 2.86 bits per heavy atom. The lowest BCUT2D eigenvalue weighted by molar-refractivity contribution is -0.125. The number of thiophene rings is 1. The molecule has 154 valence electrons.